The Kier molecular flexibility index (Phi) is 11.5. The van der Waals surface area contributed by atoms with Crippen LogP contribution in [-0.2, 0) is 48.3 Å². The smallest absolute Gasteiger partial charge is 0.350 e. The van der Waals surface area contributed by atoms with Gasteiger partial charge in [0.15, 0.2) is 25.9 Å². The van der Waals surface area contributed by atoms with E-state index in [1.54, 1.807) is 62.3 Å². The van der Waals surface area contributed by atoms with Crippen LogP contribution in [0.3, 0.4) is 0 Å². The first-order valence-corrected chi connectivity index (χ1v) is 13.8. The van der Waals surface area contributed by atoms with Crippen LogP contribution in [0.5, 0.6) is 0 Å². The van der Waals surface area contributed by atoms with Crippen LogP contribution >= 0.6 is 0 Å². The molecule has 1 aromatic rings. The molecule has 0 aromatic carbocycles. The van der Waals surface area contributed by atoms with E-state index < -0.39 is 77.1 Å². The highest BCUT2D eigenvalue weighted by molar-refractivity contribution is 5.76. The Bertz CT molecular complexity index is 1250. The molecule has 0 radical (unpaired) electrons. The van der Waals surface area contributed by atoms with E-state index in [4.69, 9.17) is 34.2 Å². The van der Waals surface area contributed by atoms with Gasteiger partial charge in [-0.15, -0.1) is 0 Å². The molecule has 0 bridgehead atoms. The zero-order valence-corrected chi connectivity index (χ0v) is 26.4. The highest BCUT2D eigenvalue weighted by Crippen LogP contribution is 2.44. The molecule has 240 valence electrons. The van der Waals surface area contributed by atoms with Crippen molar-refractivity contribution >= 4 is 23.7 Å². The number of nitrogens with two attached hydrogens (primary N) is 1. The average molecular weight is 609 g/mol. The van der Waals surface area contributed by atoms with Crippen molar-refractivity contribution < 1.29 is 42.8 Å². The van der Waals surface area contributed by atoms with Crippen LogP contribution in [0, 0.1) is 33.5 Å². The molecule has 1 saturated carbocycles. The van der Waals surface area contributed by atoms with Gasteiger partial charge in [0.1, 0.15) is 11.9 Å². The summed E-state index contributed by atoms with van der Waals surface area (Å²) in [6, 6.07) is 3.53. The van der Waals surface area contributed by atoms with Crippen LogP contribution < -0.4 is 11.4 Å². The second-order valence-corrected chi connectivity index (χ2v) is 13.5. The highest BCUT2D eigenvalue weighted by atomic mass is 16.7. The van der Waals surface area contributed by atoms with Gasteiger partial charge in [-0.2, -0.15) is 10.2 Å². The van der Waals surface area contributed by atoms with E-state index in [0.717, 1.165) is 4.57 Å². The van der Waals surface area contributed by atoms with E-state index in [2.05, 4.69) is 11.1 Å². The summed E-state index contributed by atoms with van der Waals surface area (Å²) in [7, 11) is 0. The second kappa shape index (κ2) is 13.8. The monoisotopic (exact) mass is 608 g/mol. The zero-order valence-electron chi connectivity index (χ0n) is 26.4. The van der Waals surface area contributed by atoms with Crippen molar-refractivity contribution in [3.8, 4) is 6.07 Å². The van der Waals surface area contributed by atoms with E-state index in [1.807, 2.05) is 0 Å². The number of carbonyl (C=O) groups is 3. The SMILES string of the molecule is CC(C)(C)C(=O)OCOC[C@H]1C[C@@](C#N)(n2ccc(N)nc2=O)C(OCOC(=O)C(C)(C)C)C1OCOC(=O)C(C)(C)C. The maximum Gasteiger partial charge on any atom is 0.350 e. The summed E-state index contributed by atoms with van der Waals surface area (Å²) < 4.78 is 34.5. The lowest BCUT2D eigenvalue weighted by Crippen LogP contribution is -2.51. The number of nitrogens with zero attached hydrogens (tertiary/aromatic N) is 3. The molecule has 0 aliphatic heterocycles. The molecular formula is C29H44N4O10. The number of aromatic nitrogens is 2. The minimum absolute atomic E-state index is 0.0497. The van der Waals surface area contributed by atoms with E-state index in [1.165, 1.54) is 12.3 Å². The average Bonchev–Trinajstić information content (AvgIpc) is 3.17. The Labute approximate surface area is 251 Å². The summed E-state index contributed by atoms with van der Waals surface area (Å²) in [4.78, 5) is 53.7. The number of carbonyl (C=O) groups excluding carboxylic acids is 3. The normalized spacial score (nSPS) is 22.5. The largest absolute Gasteiger partial charge is 0.438 e. The predicted molar refractivity (Wildman–Crippen MR) is 152 cm³/mol. The fourth-order valence-electron chi connectivity index (χ4n) is 4.15. The van der Waals surface area contributed by atoms with Crippen molar-refractivity contribution in [3.63, 3.8) is 0 Å². The lowest BCUT2D eigenvalue weighted by atomic mass is 9.95. The highest BCUT2D eigenvalue weighted by Gasteiger charge is 2.58. The van der Waals surface area contributed by atoms with Crippen molar-refractivity contribution in [1.82, 2.24) is 9.55 Å². The molecule has 0 saturated heterocycles. The molecule has 43 heavy (non-hydrogen) atoms. The third kappa shape index (κ3) is 9.22. The summed E-state index contributed by atoms with van der Waals surface area (Å²) >= 11 is 0. The summed E-state index contributed by atoms with van der Waals surface area (Å²) in [6.07, 6.45) is -1.01. The van der Waals surface area contributed by atoms with Gasteiger partial charge in [0, 0.05) is 12.1 Å². The molecule has 14 nitrogen and oxygen atoms in total. The van der Waals surface area contributed by atoms with Crippen LogP contribution in [0.15, 0.2) is 17.1 Å². The predicted octanol–water partition coefficient (Wildman–Crippen LogP) is 2.49. The number of hydrogen-bond donors (Lipinski definition) is 1. The van der Waals surface area contributed by atoms with Crippen LogP contribution in [0.4, 0.5) is 5.82 Å². The van der Waals surface area contributed by atoms with Gasteiger partial charge < -0.3 is 34.2 Å². The Morgan fingerprint density at radius 3 is 1.88 bits per heavy atom. The van der Waals surface area contributed by atoms with Gasteiger partial charge in [0.05, 0.1) is 35.0 Å². The van der Waals surface area contributed by atoms with Gasteiger partial charge in [0.2, 0.25) is 0 Å². The van der Waals surface area contributed by atoms with E-state index >= 15 is 0 Å². The molecule has 4 atom stereocenters. The molecule has 1 aliphatic rings. The van der Waals surface area contributed by atoms with Gasteiger partial charge in [-0.05, 0) is 74.8 Å². The second-order valence-electron chi connectivity index (χ2n) is 13.5. The zero-order chi connectivity index (χ0) is 32.8. The molecule has 14 heteroatoms. The quantitative estimate of drug-likeness (QED) is 0.167. The van der Waals surface area contributed by atoms with Crippen LogP contribution in [0.1, 0.15) is 68.7 Å². The number of nitriles is 1. The van der Waals surface area contributed by atoms with Gasteiger partial charge in [-0.3, -0.25) is 19.0 Å². The maximum atomic E-state index is 13.0. The van der Waals surface area contributed by atoms with E-state index in [0.29, 0.717) is 0 Å². The molecular weight excluding hydrogens is 564 g/mol. The molecule has 2 unspecified atom stereocenters. The first kappa shape index (κ1) is 35.7. The maximum absolute atomic E-state index is 13.0. The third-order valence-corrected chi connectivity index (χ3v) is 6.59. The standard InChI is InChI=1S/C29H44N4O10/c1-26(2,3)22(34)41-15-38-13-18-12-29(14-30,33-11-10-19(31)32-25(33)37)21(40-17-43-24(36)28(7,8)9)20(18)39-16-42-23(35)27(4,5)6/h10-11,18,20-21H,12-13,15-17H2,1-9H3,(H2,31,32,37)/t18-,20?,21?,29+/m1/s1. The van der Waals surface area contributed by atoms with E-state index in [-0.39, 0.29) is 25.6 Å². The molecule has 2 rings (SSSR count). The molecule has 1 fully saturated rings. The number of hydrogen-bond acceptors (Lipinski definition) is 13. The van der Waals surface area contributed by atoms with Crippen molar-refractivity contribution in [3.05, 3.63) is 22.7 Å². The Morgan fingerprint density at radius 2 is 1.42 bits per heavy atom. The third-order valence-electron chi connectivity index (χ3n) is 6.59. The lowest BCUT2D eigenvalue weighted by molar-refractivity contribution is -0.200. The summed E-state index contributed by atoms with van der Waals surface area (Å²) in [5.74, 6) is -2.28. The van der Waals surface area contributed by atoms with Crippen LogP contribution in [0.25, 0.3) is 0 Å². The first-order valence-electron chi connectivity index (χ1n) is 13.8. The van der Waals surface area contributed by atoms with E-state index in [9.17, 15) is 24.4 Å². The molecule has 1 heterocycles. The van der Waals surface area contributed by atoms with Crippen molar-refractivity contribution in [2.75, 3.05) is 32.7 Å². The van der Waals surface area contributed by atoms with Crippen LogP contribution in [-0.4, -0.2) is 66.7 Å². The Hall–Kier alpha value is -3.54. The Balaban J connectivity index is 2.44. The minimum Gasteiger partial charge on any atom is -0.438 e. The van der Waals surface area contributed by atoms with Gasteiger partial charge >= 0.3 is 23.6 Å². The number of esters is 3. The Morgan fingerprint density at radius 1 is 0.930 bits per heavy atom. The number of anilines is 1. The van der Waals surface area contributed by atoms with Gasteiger partial charge in [-0.25, -0.2) is 4.79 Å². The van der Waals surface area contributed by atoms with Gasteiger partial charge in [0.25, 0.3) is 0 Å². The fourth-order valence-corrected chi connectivity index (χ4v) is 4.15. The minimum atomic E-state index is -1.74. The van der Waals surface area contributed by atoms with Crippen molar-refractivity contribution in [2.45, 2.75) is 86.5 Å². The number of nitrogen functional groups attached to an aromatic ring is 1. The first-order chi connectivity index (χ1) is 19.7. The topological polar surface area (TPSA) is 191 Å². The summed E-state index contributed by atoms with van der Waals surface area (Å²) in [5.41, 5.74) is 0.743. The lowest BCUT2D eigenvalue weighted by Gasteiger charge is -2.32. The molecule has 0 spiro atoms. The number of rotatable bonds is 11. The molecule has 1 aromatic heterocycles. The molecule has 1 aliphatic carbocycles. The van der Waals surface area contributed by atoms with Crippen LogP contribution in [0.2, 0.25) is 0 Å². The summed E-state index contributed by atoms with van der Waals surface area (Å²) in [6.45, 7) is 13.6. The molecule has 2 N–H and O–H groups in total. The fraction of sp³-hybridized carbons (Fsp3) is 0.724. The van der Waals surface area contributed by atoms with Crippen molar-refractivity contribution in [2.24, 2.45) is 22.2 Å². The number of ether oxygens (including phenoxy) is 6. The van der Waals surface area contributed by atoms with Crippen molar-refractivity contribution in [1.29, 1.82) is 5.26 Å². The van der Waals surface area contributed by atoms with Gasteiger partial charge in [-0.1, -0.05) is 0 Å². The molecule has 0 amide bonds. The summed E-state index contributed by atoms with van der Waals surface area (Å²) in [5, 5.41) is 10.6.